The maximum absolute atomic E-state index is 6.77. The molecule has 0 amide bonds. The van der Waals surface area contributed by atoms with Crippen LogP contribution in [-0.4, -0.2) is 4.98 Å². The number of pyridine rings is 1. The summed E-state index contributed by atoms with van der Waals surface area (Å²) in [6.07, 6.45) is 3.85. The van der Waals surface area contributed by atoms with E-state index >= 15 is 0 Å². The molecule has 0 aliphatic carbocycles. The summed E-state index contributed by atoms with van der Waals surface area (Å²) in [4.78, 5) is 7.11. The lowest BCUT2D eigenvalue weighted by Crippen LogP contribution is -2.12. The highest BCUT2D eigenvalue weighted by atomic mass is 16.3. The topological polar surface area (TPSA) is 29.3 Å². The number of hydrogen-bond acceptors (Lipinski definition) is 3. The van der Waals surface area contributed by atoms with Crippen molar-refractivity contribution in [2.24, 2.45) is 0 Å². The fourth-order valence-electron chi connectivity index (χ4n) is 6.75. The van der Waals surface area contributed by atoms with Gasteiger partial charge in [0.2, 0.25) is 0 Å². The molecule has 7 aromatic carbocycles. The second kappa shape index (κ2) is 11.7. The first-order valence-corrected chi connectivity index (χ1v) is 16.2. The van der Waals surface area contributed by atoms with Gasteiger partial charge >= 0.3 is 0 Å². The Balaban J connectivity index is 1.30. The van der Waals surface area contributed by atoms with Crippen LogP contribution in [0.4, 0.5) is 17.1 Å². The van der Waals surface area contributed by atoms with Crippen molar-refractivity contribution in [3.05, 3.63) is 182 Å². The minimum absolute atomic E-state index is 0.800. The predicted octanol–water partition coefficient (Wildman–Crippen LogP) is 12.6. The van der Waals surface area contributed by atoms with Crippen LogP contribution in [0.15, 0.2) is 187 Å². The number of hydrogen-bond donors (Lipinski definition) is 0. The first kappa shape index (κ1) is 27.8. The van der Waals surface area contributed by atoms with Crippen LogP contribution in [0.25, 0.3) is 66.1 Å². The van der Waals surface area contributed by atoms with Crippen LogP contribution >= 0.6 is 0 Å². The Bertz CT molecular complexity index is 2540. The average molecular weight is 615 g/mol. The molecule has 9 aromatic rings. The zero-order chi connectivity index (χ0) is 31.9. The summed E-state index contributed by atoms with van der Waals surface area (Å²) in [7, 11) is 0. The van der Waals surface area contributed by atoms with Gasteiger partial charge in [-0.1, -0.05) is 133 Å². The van der Waals surface area contributed by atoms with Gasteiger partial charge in [-0.2, -0.15) is 0 Å². The van der Waals surface area contributed by atoms with Gasteiger partial charge in [-0.25, -0.2) is 0 Å². The Morgan fingerprint density at radius 2 is 0.979 bits per heavy atom. The summed E-state index contributed by atoms with van der Waals surface area (Å²) in [5, 5.41) is 4.37. The molecule has 0 N–H and O–H groups in total. The first-order chi connectivity index (χ1) is 23.8. The maximum atomic E-state index is 6.77. The normalized spacial score (nSPS) is 11.3. The molecular weight excluding hydrogens is 585 g/mol. The van der Waals surface area contributed by atoms with Crippen molar-refractivity contribution in [2.45, 2.75) is 0 Å². The van der Waals surface area contributed by atoms with Crippen LogP contribution in [0, 0.1) is 0 Å². The molecule has 2 heterocycles. The second-order valence-corrected chi connectivity index (χ2v) is 12.0. The number of aromatic nitrogens is 1. The Morgan fingerprint density at radius 3 is 1.67 bits per heavy atom. The minimum Gasteiger partial charge on any atom is -0.454 e. The summed E-state index contributed by atoms with van der Waals surface area (Å²) in [6, 6.07) is 59.9. The Hall–Kier alpha value is -6.45. The molecule has 0 atom stereocenters. The highest BCUT2D eigenvalue weighted by molar-refractivity contribution is 6.13. The zero-order valence-corrected chi connectivity index (χ0v) is 26.1. The van der Waals surface area contributed by atoms with Gasteiger partial charge in [-0.15, -0.1) is 0 Å². The number of fused-ring (bicyclic) bond motifs is 4. The summed E-state index contributed by atoms with van der Waals surface area (Å²) in [6.45, 7) is 0. The van der Waals surface area contributed by atoms with Crippen molar-refractivity contribution in [1.82, 2.24) is 4.98 Å². The number of furan rings is 1. The van der Waals surface area contributed by atoms with Crippen LogP contribution in [0.3, 0.4) is 0 Å². The van der Waals surface area contributed by atoms with Crippen LogP contribution in [0.1, 0.15) is 0 Å². The molecule has 9 rings (SSSR count). The van der Waals surface area contributed by atoms with E-state index in [2.05, 4.69) is 169 Å². The number of nitrogens with zero attached hydrogens (tertiary/aromatic N) is 2. The fraction of sp³-hybridized carbons (Fsp3) is 0. The van der Waals surface area contributed by atoms with Gasteiger partial charge in [0.1, 0.15) is 11.3 Å². The molecule has 0 aliphatic rings. The third kappa shape index (κ3) is 4.90. The molecule has 0 bridgehead atoms. The van der Waals surface area contributed by atoms with E-state index < -0.39 is 0 Å². The van der Waals surface area contributed by atoms with E-state index in [0.29, 0.717) is 0 Å². The van der Waals surface area contributed by atoms with Gasteiger partial charge in [0, 0.05) is 28.2 Å². The molecule has 0 fully saturated rings. The third-order valence-electron chi connectivity index (χ3n) is 9.13. The molecule has 0 aliphatic heterocycles. The second-order valence-electron chi connectivity index (χ2n) is 12.0. The molecule has 3 heteroatoms. The van der Waals surface area contributed by atoms with Crippen molar-refractivity contribution < 1.29 is 4.42 Å². The number of rotatable bonds is 6. The van der Waals surface area contributed by atoms with Gasteiger partial charge in [0.15, 0.2) is 5.58 Å². The van der Waals surface area contributed by atoms with Gasteiger partial charge in [-0.3, -0.25) is 4.98 Å². The Morgan fingerprint density at radius 1 is 0.417 bits per heavy atom. The Kier molecular flexibility index (Phi) is 6.80. The molecule has 0 radical (unpaired) electrons. The van der Waals surface area contributed by atoms with Crippen molar-refractivity contribution in [2.75, 3.05) is 4.90 Å². The van der Waals surface area contributed by atoms with E-state index in [1.807, 2.05) is 18.5 Å². The summed E-state index contributed by atoms with van der Waals surface area (Å²) in [5.74, 6) is 0. The van der Waals surface area contributed by atoms with Crippen molar-refractivity contribution >= 4 is 49.8 Å². The van der Waals surface area contributed by atoms with Crippen molar-refractivity contribution in [1.29, 1.82) is 0 Å². The smallest absolute Gasteiger partial charge is 0.162 e. The lowest BCUT2D eigenvalue weighted by atomic mass is 9.96. The standard InChI is InChI=1S/C45H30N2O/c1-4-12-31(13-5-1)33-20-23-38(24-21-33)47(42-25-22-37(32-14-6-2-7-15-32)26-39(42)34-16-8-3-9-17-34)43-30-46-29-41-40-27-35-18-10-11-19-36(35)28-44(40)48-45(41)43/h1-30H. The lowest BCUT2D eigenvalue weighted by Gasteiger charge is -2.28. The monoisotopic (exact) mass is 614 g/mol. The van der Waals surface area contributed by atoms with E-state index in [-0.39, 0.29) is 0 Å². The van der Waals surface area contributed by atoms with Crippen LogP contribution in [0.2, 0.25) is 0 Å². The van der Waals surface area contributed by atoms with Crippen LogP contribution < -0.4 is 4.90 Å². The van der Waals surface area contributed by atoms with E-state index in [9.17, 15) is 0 Å². The minimum atomic E-state index is 0.800. The molecule has 3 nitrogen and oxygen atoms in total. The number of benzene rings is 7. The van der Waals surface area contributed by atoms with E-state index in [4.69, 9.17) is 9.40 Å². The summed E-state index contributed by atoms with van der Waals surface area (Å²) < 4.78 is 6.77. The first-order valence-electron chi connectivity index (χ1n) is 16.2. The van der Waals surface area contributed by atoms with Gasteiger partial charge in [-0.05, 0) is 75.0 Å². The van der Waals surface area contributed by atoms with Crippen molar-refractivity contribution in [3.63, 3.8) is 0 Å². The molecule has 0 unspecified atom stereocenters. The SMILES string of the molecule is c1ccc(-c2ccc(N(c3ccc(-c4ccccc4)cc3-c3ccccc3)c3cncc4c3oc3cc5ccccc5cc34)cc2)cc1. The highest BCUT2D eigenvalue weighted by Crippen LogP contribution is 2.46. The molecule has 2 aromatic heterocycles. The fourth-order valence-corrected chi connectivity index (χ4v) is 6.75. The van der Waals surface area contributed by atoms with E-state index in [1.54, 1.807) is 0 Å². The van der Waals surface area contributed by atoms with Crippen LogP contribution in [0.5, 0.6) is 0 Å². The van der Waals surface area contributed by atoms with Gasteiger partial charge in [0.25, 0.3) is 0 Å². The number of anilines is 3. The predicted molar refractivity (Wildman–Crippen MR) is 200 cm³/mol. The quantitative estimate of drug-likeness (QED) is 0.187. The largest absolute Gasteiger partial charge is 0.454 e. The average Bonchev–Trinajstić information content (AvgIpc) is 3.53. The van der Waals surface area contributed by atoms with Gasteiger partial charge < -0.3 is 9.32 Å². The third-order valence-corrected chi connectivity index (χ3v) is 9.13. The maximum Gasteiger partial charge on any atom is 0.162 e. The summed E-state index contributed by atoms with van der Waals surface area (Å²) >= 11 is 0. The molecule has 48 heavy (non-hydrogen) atoms. The zero-order valence-electron chi connectivity index (χ0n) is 26.1. The van der Waals surface area contributed by atoms with E-state index in [1.165, 1.54) is 16.5 Å². The highest BCUT2D eigenvalue weighted by Gasteiger charge is 2.23. The molecule has 0 spiro atoms. The van der Waals surface area contributed by atoms with Crippen LogP contribution in [-0.2, 0) is 0 Å². The van der Waals surface area contributed by atoms with Gasteiger partial charge in [0.05, 0.1) is 11.9 Å². The molecule has 0 saturated heterocycles. The Labute approximate surface area is 279 Å². The summed E-state index contributed by atoms with van der Waals surface area (Å²) in [5.41, 5.74) is 11.5. The molecular formula is C45H30N2O. The van der Waals surface area contributed by atoms with E-state index in [0.717, 1.165) is 66.6 Å². The lowest BCUT2D eigenvalue weighted by molar-refractivity contribution is 0.669. The molecule has 0 saturated carbocycles. The van der Waals surface area contributed by atoms with Crippen molar-refractivity contribution in [3.8, 4) is 33.4 Å². The molecule has 226 valence electrons.